The van der Waals surface area contributed by atoms with Gasteiger partial charge in [-0.2, -0.15) is 0 Å². The number of carbonyl (C=O) groups is 2. The minimum atomic E-state index is -3.35. The third-order valence-electron chi connectivity index (χ3n) is 3.79. The molecule has 0 bridgehead atoms. The number of thiophene rings is 1. The molecule has 3 aromatic rings. The fraction of sp³-hybridized carbons (Fsp3) is 0.0526. The van der Waals surface area contributed by atoms with Gasteiger partial charge in [-0.1, -0.05) is 12.1 Å². The van der Waals surface area contributed by atoms with Gasteiger partial charge in [0.15, 0.2) is 9.84 Å². The Balaban J connectivity index is 1.62. The minimum absolute atomic E-state index is 0.0972. The van der Waals surface area contributed by atoms with E-state index in [0.29, 0.717) is 4.88 Å². The van der Waals surface area contributed by atoms with Gasteiger partial charge in [0.25, 0.3) is 11.8 Å². The number of sulfone groups is 1. The van der Waals surface area contributed by atoms with E-state index in [1.54, 1.807) is 24.3 Å². The van der Waals surface area contributed by atoms with Crippen LogP contribution in [-0.4, -0.2) is 26.5 Å². The van der Waals surface area contributed by atoms with Crippen LogP contribution in [0.5, 0.6) is 0 Å². The Morgan fingerprint density at radius 1 is 0.857 bits per heavy atom. The van der Waals surface area contributed by atoms with Crippen LogP contribution in [0.2, 0.25) is 0 Å². The van der Waals surface area contributed by atoms with E-state index in [0.717, 1.165) is 16.7 Å². The lowest BCUT2D eigenvalue weighted by atomic mass is 10.2. The molecule has 0 radical (unpaired) electrons. The van der Waals surface area contributed by atoms with E-state index < -0.39 is 21.7 Å². The molecule has 0 saturated heterocycles. The van der Waals surface area contributed by atoms with Crippen LogP contribution in [0.3, 0.4) is 0 Å². The molecule has 144 valence electrons. The number of hydrogen-bond donors (Lipinski definition) is 2. The smallest absolute Gasteiger partial charge is 0.267 e. The van der Waals surface area contributed by atoms with E-state index in [1.165, 1.54) is 47.7 Å². The maximum absolute atomic E-state index is 13.0. The van der Waals surface area contributed by atoms with Crippen LogP contribution in [-0.2, 0) is 9.84 Å². The van der Waals surface area contributed by atoms with Gasteiger partial charge in [0.1, 0.15) is 5.82 Å². The van der Waals surface area contributed by atoms with Gasteiger partial charge in [-0.05, 0) is 54.1 Å². The number of nitrogens with one attached hydrogen (secondary N) is 2. The zero-order chi connectivity index (χ0) is 20.3. The van der Waals surface area contributed by atoms with Crippen LogP contribution in [0.25, 0.3) is 10.4 Å². The van der Waals surface area contributed by atoms with Crippen molar-refractivity contribution < 1.29 is 22.4 Å². The lowest BCUT2D eigenvalue weighted by molar-refractivity contribution is 0.0849. The zero-order valence-corrected chi connectivity index (χ0v) is 16.2. The molecule has 28 heavy (non-hydrogen) atoms. The average Bonchev–Trinajstić information content (AvgIpc) is 3.16. The predicted octanol–water partition coefficient (Wildman–Crippen LogP) is 3.03. The van der Waals surface area contributed by atoms with Gasteiger partial charge in [-0.25, -0.2) is 12.8 Å². The first-order valence-electron chi connectivity index (χ1n) is 8.00. The number of halogens is 1. The van der Waals surface area contributed by atoms with E-state index in [9.17, 15) is 22.4 Å². The topological polar surface area (TPSA) is 92.3 Å². The van der Waals surface area contributed by atoms with Crippen molar-refractivity contribution in [2.45, 2.75) is 4.90 Å². The molecule has 0 fully saturated rings. The summed E-state index contributed by atoms with van der Waals surface area (Å²) in [6.45, 7) is 0. The molecule has 0 aliphatic rings. The molecule has 0 saturated carbocycles. The summed E-state index contributed by atoms with van der Waals surface area (Å²) in [7, 11) is -3.35. The average molecular weight is 418 g/mol. The van der Waals surface area contributed by atoms with Gasteiger partial charge < -0.3 is 0 Å². The maximum Gasteiger partial charge on any atom is 0.279 e. The minimum Gasteiger partial charge on any atom is -0.267 e. The lowest BCUT2D eigenvalue weighted by Gasteiger charge is -2.07. The number of rotatable bonds is 4. The van der Waals surface area contributed by atoms with E-state index in [4.69, 9.17) is 0 Å². The Hall–Kier alpha value is -3.04. The highest BCUT2D eigenvalue weighted by molar-refractivity contribution is 7.90. The highest BCUT2D eigenvalue weighted by atomic mass is 32.2. The van der Waals surface area contributed by atoms with Crippen LogP contribution in [0.1, 0.15) is 20.0 Å². The monoisotopic (exact) mass is 418 g/mol. The van der Waals surface area contributed by atoms with Crippen LogP contribution < -0.4 is 10.9 Å². The first kappa shape index (κ1) is 19.7. The summed E-state index contributed by atoms with van der Waals surface area (Å²) in [5.74, 6) is -1.42. The lowest BCUT2D eigenvalue weighted by Crippen LogP contribution is -2.41. The van der Waals surface area contributed by atoms with Crippen LogP contribution in [0, 0.1) is 5.82 Å². The molecule has 6 nitrogen and oxygen atoms in total. The second kappa shape index (κ2) is 7.91. The van der Waals surface area contributed by atoms with Gasteiger partial charge in [-0.3, -0.25) is 20.4 Å². The first-order chi connectivity index (χ1) is 13.2. The number of benzene rings is 2. The molecule has 2 N–H and O–H groups in total. The van der Waals surface area contributed by atoms with E-state index in [-0.39, 0.29) is 16.3 Å². The molecule has 2 amide bonds. The summed E-state index contributed by atoms with van der Waals surface area (Å²) in [5.41, 5.74) is 5.57. The summed E-state index contributed by atoms with van der Waals surface area (Å²) in [4.78, 5) is 25.6. The molecule has 2 aromatic carbocycles. The Labute approximate surface area is 164 Å². The van der Waals surface area contributed by atoms with Gasteiger partial charge in [0.05, 0.1) is 9.77 Å². The number of hydrazine groups is 1. The molecular weight excluding hydrogens is 403 g/mol. The SMILES string of the molecule is CS(=O)(=O)c1ccc(C(=O)NNC(=O)c2ccc(-c3ccc(F)cc3)s2)cc1. The van der Waals surface area contributed by atoms with Crippen molar-refractivity contribution in [3.63, 3.8) is 0 Å². The van der Waals surface area contributed by atoms with Crippen molar-refractivity contribution in [3.8, 4) is 10.4 Å². The number of amides is 2. The standard InChI is InChI=1S/C19H15FN2O4S2/c1-28(25,26)15-8-4-13(5-9-15)18(23)21-22-19(24)17-11-10-16(27-17)12-2-6-14(20)7-3-12/h2-11H,1H3,(H,21,23)(H,22,24). The van der Waals surface area contributed by atoms with E-state index in [2.05, 4.69) is 10.9 Å². The largest absolute Gasteiger partial charge is 0.279 e. The third-order valence-corrected chi connectivity index (χ3v) is 6.05. The van der Waals surface area contributed by atoms with Gasteiger partial charge >= 0.3 is 0 Å². The molecular formula is C19H15FN2O4S2. The first-order valence-corrected chi connectivity index (χ1v) is 10.7. The molecule has 0 atom stereocenters. The van der Waals surface area contributed by atoms with Crippen molar-refractivity contribution in [2.24, 2.45) is 0 Å². The quantitative estimate of drug-likeness (QED) is 0.637. The molecule has 1 heterocycles. The Morgan fingerprint density at radius 2 is 1.46 bits per heavy atom. The summed E-state index contributed by atoms with van der Waals surface area (Å²) in [5, 5.41) is 0. The van der Waals surface area contributed by atoms with Gasteiger partial charge in [0.2, 0.25) is 0 Å². The fourth-order valence-corrected chi connectivity index (χ4v) is 3.87. The maximum atomic E-state index is 13.0. The van der Waals surface area contributed by atoms with Crippen molar-refractivity contribution >= 4 is 33.0 Å². The molecule has 0 spiro atoms. The fourth-order valence-electron chi connectivity index (χ4n) is 2.33. The summed E-state index contributed by atoms with van der Waals surface area (Å²) in [6.07, 6.45) is 1.07. The Bertz CT molecular complexity index is 1120. The highest BCUT2D eigenvalue weighted by Gasteiger charge is 2.13. The molecule has 0 aliphatic carbocycles. The van der Waals surface area contributed by atoms with Crippen LogP contribution in [0.15, 0.2) is 65.6 Å². The third kappa shape index (κ3) is 4.62. The normalized spacial score (nSPS) is 11.1. The molecule has 1 aromatic heterocycles. The second-order valence-corrected chi connectivity index (χ2v) is 8.98. The van der Waals surface area contributed by atoms with Gasteiger partial charge in [-0.15, -0.1) is 11.3 Å². The number of carbonyl (C=O) groups excluding carboxylic acids is 2. The van der Waals surface area contributed by atoms with Crippen molar-refractivity contribution in [2.75, 3.05) is 6.26 Å². The molecule has 0 unspecified atom stereocenters. The van der Waals surface area contributed by atoms with Crippen molar-refractivity contribution in [3.05, 3.63) is 76.9 Å². The Morgan fingerprint density at radius 3 is 2.07 bits per heavy atom. The van der Waals surface area contributed by atoms with E-state index >= 15 is 0 Å². The van der Waals surface area contributed by atoms with E-state index in [1.807, 2.05) is 0 Å². The zero-order valence-electron chi connectivity index (χ0n) is 14.6. The predicted molar refractivity (Wildman–Crippen MR) is 104 cm³/mol. The molecule has 0 aliphatic heterocycles. The molecule has 3 rings (SSSR count). The second-order valence-electron chi connectivity index (χ2n) is 5.88. The van der Waals surface area contributed by atoms with Crippen molar-refractivity contribution in [1.29, 1.82) is 0 Å². The Kier molecular flexibility index (Phi) is 5.57. The van der Waals surface area contributed by atoms with Gasteiger partial charge in [0, 0.05) is 16.7 Å². The molecule has 9 heteroatoms. The summed E-state index contributed by atoms with van der Waals surface area (Å²) < 4.78 is 35.9. The van der Waals surface area contributed by atoms with Crippen molar-refractivity contribution in [1.82, 2.24) is 10.9 Å². The van der Waals surface area contributed by atoms with Crippen LogP contribution in [0.4, 0.5) is 4.39 Å². The number of hydrogen-bond acceptors (Lipinski definition) is 5. The highest BCUT2D eigenvalue weighted by Crippen LogP contribution is 2.28. The van der Waals surface area contributed by atoms with Crippen LogP contribution >= 0.6 is 11.3 Å². The summed E-state index contributed by atoms with van der Waals surface area (Å²) >= 11 is 1.20. The summed E-state index contributed by atoms with van der Waals surface area (Å²) in [6, 6.07) is 14.6.